The first-order chi connectivity index (χ1) is 10.5. The van der Waals surface area contributed by atoms with Crippen LogP contribution in [0.3, 0.4) is 0 Å². The molecular weight excluding hydrogens is 288 g/mol. The van der Waals surface area contributed by atoms with Gasteiger partial charge in [-0.25, -0.2) is 0 Å². The van der Waals surface area contributed by atoms with Crippen molar-refractivity contribution in [2.45, 2.75) is 0 Å². The highest BCUT2D eigenvalue weighted by atomic mass is 16.5. The van der Waals surface area contributed by atoms with E-state index in [-0.39, 0.29) is 28.4 Å². The number of ketones is 1. The van der Waals surface area contributed by atoms with Crippen LogP contribution >= 0.6 is 0 Å². The van der Waals surface area contributed by atoms with E-state index < -0.39 is 5.78 Å². The maximum atomic E-state index is 12.5. The van der Waals surface area contributed by atoms with Crippen LogP contribution in [-0.2, 0) is 0 Å². The normalized spacial score (nSPS) is 10.1. The molecule has 0 unspecified atom stereocenters. The van der Waals surface area contributed by atoms with E-state index >= 15 is 0 Å². The molecule has 2 rings (SSSR count). The Morgan fingerprint density at radius 2 is 1.45 bits per heavy atom. The van der Waals surface area contributed by atoms with Gasteiger partial charge in [-0.15, -0.1) is 0 Å². The minimum Gasteiger partial charge on any atom is -0.507 e. The molecule has 6 heteroatoms. The minimum atomic E-state index is -0.462. The van der Waals surface area contributed by atoms with Crippen LogP contribution in [0, 0.1) is 0 Å². The Labute approximate surface area is 127 Å². The average Bonchev–Trinajstić information content (AvgIpc) is 2.55. The molecule has 0 saturated heterocycles. The lowest BCUT2D eigenvalue weighted by Crippen LogP contribution is -2.03. The SMILES string of the molecule is COc1cc(O)c(C(=O)c2ccc(OC)c(OC)c2)cc1O. The molecule has 0 spiro atoms. The Kier molecular flexibility index (Phi) is 4.41. The number of aromatic hydroxyl groups is 2. The smallest absolute Gasteiger partial charge is 0.197 e. The molecule has 2 N–H and O–H groups in total. The lowest BCUT2D eigenvalue weighted by molar-refractivity contribution is 0.103. The number of hydrogen-bond acceptors (Lipinski definition) is 6. The van der Waals surface area contributed by atoms with Gasteiger partial charge in [0.25, 0.3) is 0 Å². The average molecular weight is 304 g/mol. The van der Waals surface area contributed by atoms with Crippen molar-refractivity contribution in [1.29, 1.82) is 0 Å². The van der Waals surface area contributed by atoms with Crippen molar-refractivity contribution in [3.8, 4) is 28.7 Å². The van der Waals surface area contributed by atoms with E-state index in [2.05, 4.69) is 0 Å². The monoisotopic (exact) mass is 304 g/mol. The summed E-state index contributed by atoms with van der Waals surface area (Å²) in [4.78, 5) is 12.5. The summed E-state index contributed by atoms with van der Waals surface area (Å²) >= 11 is 0. The second-order valence-corrected chi connectivity index (χ2v) is 4.44. The fourth-order valence-corrected chi connectivity index (χ4v) is 2.04. The maximum absolute atomic E-state index is 12.5. The van der Waals surface area contributed by atoms with Gasteiger partial charge in [-0.2, -0.15) is 0 Å². The van der Waals surface area contributed by atoms with Gasteiger partial charge in [0.2, 0.25) is 0 Å². The number of carbonyl (C=O) groups excluding carboxylic acids is 1. The highest BCUT2D eigenvalue weighted by Crippen LogP contribution is 2.35. The third-order valence-electron chi connectivity index (χ3n) is 3.19. The van der Waals surface area contributed by atoms with E-state index in [1.54, 1.807) is 12.1 Å². The molecule has 0 amide bonds. The van der Waals surface area contributed by atoms with E-state index in [0.717, 1.165) is 6.07 Å². The molecule has 0 bridgehead atoms. The first-order valence-corrected chi connectivity index (χ1v) is 6.38. The molecule has 22 heavy (non-hydrogen) atoms. The Morgan fingerprint density at radius 1 is 0.818 bits per heavy atom. The van der Waals surface area contributed by atoms with E-state index in [0.29, 0.717) is 11.5 Å². The molecule has 6 nitrogen and oxygen atoms in total. The summed E-state index contributed by atoms with van der Waals surface area (Å²) in [6.07, 6.45) is 0. The van der Waals surface area contributed by atoms with E-state index in [1.165, 1.54) is 33.5 Å². The van der Waals surface area contributed by atoms with Crippen molar-refractivity contribution < 1.29 is 29.2 Å². The Hall–Kier alpha value is -2.89. The minimum absolute atomic E-state index is 0.0366. The van der Waals surface area contributed by atoms with Crippen molar-refractivity contribution >= 4 is 5.78 Å². The summed E-state index contributed by atoms with van der Waals surface area (Å²) in [5.74, 6) is -0.0113. The summed E-state index contributed by atoms with van der Waals surface area (Å²) in [5, 5.41) is 19.7. The van der Waals surface area contributed by atoms with Gasteiger partial charge in [-0.1, -0.05) is 0 Å². The van der Waals surface area contributed by atoms with Crippen LogP contribution in [0.25, 0.3) is 0 Å². The summed E-state index contributed by atoms with van der Waals surface area (Å²) in [7, 11) is 4.31. The Balaban J connectivity index is 2.46. The van der Waals surface area contributed by atoms with Crippen LogP contribution in [0.1, 0.15) is 15.9 Å². The van der Waals surface area contributed by atoms with Gasteiger partial charge in [0.15, 0.2) is 28.8 Å². The maximum Gasteiger partial charge on any atom is 0.197 e. The summed E-state index contributed by atoms with van der Waals surface area (Å²) in [6.45, 7) is 0. The Bertz CT molecular complexity index is 708. The van der Waals surface area contributed by atoms with Crippen molar-refractivity contribution in [2.24, 2.45) is 0 Å². The van der Waals surface area contributed by atoms with Crippen LogP contribution < -0.4 is 14.2 Å². The van der Waals surface area contributed by atoms with Gasteiger partial charge >= 0.3 is 0 Å². The molecule has 2 aromatic carbocycles. The zero-order valence-electron chi connectivity index (χ0n) is 12.4. The fraction of sp³-hybridized carbons (Fsp3) is 0.188. The van der Waals surface area contributed by atoms with Crippen LogP contribution in [0.5, 0.6) is 28.7 Å². The van der Waals surface area contributed by atoms with Crippen molar-refractivity contribution in [1.82, 2.24) is 0 Å². The second kappa shape index (κ2) is 6.26. The summed E-state index contributed by atoms with van der Waals surface area (Å²) in [6, 6.07) is 6.98. The molecular formula is C16H16O6. The largest absolute Gasteiger partial charge is 0.507 e. The van der Waals surface area contributed by atoms with Crippen molar-refractivity contribution in [3.05, 3.63) is 41.5 Å². The quantitative estimate of drug-likeness (QED) is 0.651. The molecule has 0 saturated carbocycles. The zero-order valence-corrected chi connectivity index (χ0v) is 12.4. The van der Waals surface area contributed by atoms with E-state index in [4.69, 9.17) is 14.2 Å². The fourth-order valence-electron chi connectivity index (χ4n) is 2.04. The van der Waals surface area contributed by atoms with Gasteiger partial charge in [0.1, 0.15) is 5.75 Å². The number of phenols is 2. The highest BCUT2D eigenvalue weighted by Gasteiger charge is 2.19. The third kappa shape index (κ3) is 2.76. The standard InChI is InChI=1S/C16H16O6/c1-20-13-5-4-9(6-15(13)22-3)16(19)10-7-12(18)14(21-2)8-11(10)17/h4-8,17-18H,1-3H3. The van der Waals surface area contributed by atoms with E-state index in [1.807, 2.05) is 0 Å². The number of phenolic OH excluding ortho intramolecular Hbond substituents is 2. The topological polar surface area (TPSA) is 85.2 Å². The predicted molar refractivity (Wildman–Crippen MR) is 79.3 cm³/mol. The zero-order chi connectivity index (χ0) is 16.3. The molecule has 0 aliphatic heterocycles. The second-order valence-electron chi connectivity index (χ2n) is 4.44. The van der Waals surface area contributed by atoms with Crippen LogP contribution in [0.15, 0.2) is 30.3 Å². The van der Waals surface area contributed by atoms with Crippen molar-refractivity contribution in [3.63, 3.8) is 0 Å². The van der Waals surface area contributed by atoms with Gasteiger partial charge in [0, 0.05) is 11.6 Å². The lowest BCUT2D eigenvalue weighted by atomic mass is 10.0. The third-order valence-corrected chi connectivity index (χ3v) is 3.19. The molecule has 0 aliphatic rings. The number of ether oxygens (including phenoxy) is 3. The van der Waals surface area contributed by atoms with Gasteiger partial charge < -0.3 is 24.4 Å². The molecule has 0 aromatic heterocycles. The molecule has 0 radical (unpaired) electrons. The number of hydrogen-bond donors (Lipinski definition) is 2. The highest BCUT2D eigenvalue weighted by molar-refractivity contribution is 6.11. The Morgan fingerprint density at radius 3 is 2.05 bits per heavy atom. The first-order valence-electron chi connectivity index (χ1n) is 6.38. The number of carbonyl (C=O) groups is 1. The molecule has 0 atom stereocenters. The lowest BCUT2D eigenvalue weighted by Gasteiger charge is -2.11. The number of rotatable bonds is 5. The summed E-state index contributed by atoms with van der Waals surface area (Å²) < 4.78 is 15.1. The molecule has 0 fully saturated rings. The van der Waals surface area contributed by atoms with E-state index in [9.17, 15) is 15.0 Å². The molecule has 0 heterocycles. The first kappa shape index (κ1) is 15.5. The molecule has 116 valence electrons. The van der Waals surface area contributed by atoms with Gasteiger partial charge in [0.05, 0.1) is 26.9 Å². The molecule has 2 aromatic rings. The van der Waals surface area contributed by atoms with Gasteiger partial charge in [-0.3, -0.25) is 4.79 Å². The molecule has 0 aliphatic carbocycles. The number of methoxy groups -OCH3 is 3. The number of benzene rings is 2. The predicted octanol–water partition coefficient (Wildman–Crippen LogP) is 2.35. The van der Waals surface area contributed by atoms with Crippen molar-refractivity contribution in [2.75, 3.05) is 21.3 Å². The van der Waals surface area contributed by atoms with Crippen LogP contribution in [0.2, 0.25) is 0 Å². The van der Waals surface area contributed by atoms with Crippen LogP contribution in [-0.4, -0.2) is 37.3 Å². The van der Waals surface area contributed by atoms with Crippen LogP contribution in [0.4, 0.5) is 0 Å². The van der Waals surface area contributed by atoms with Gasteiger partial charge in [-0.05, 0) is 24.3 Å². The summed E-state index contributed by atoms with van der Waals surface area (Å²) in [5.41, 5.74) is 0.253.